The maximum atomic E-state index is 13.0. The molecule has 0 radical (unpaired) electrons. The summed E-state index contributed by atoms with van der Waals surface area (Å²) < 4.78 is 14.7. The number of halogens is 3. The second-order valence-corrected chi connectivity index (χ2v) is 7.58. The van der Waals surface area contributed by atoms with E-state index in [1.165, 1.54) is 17.0 Å². The quantitative estimate of drug-likeness (QED) is 0.696. The number of hydrogen-bond acceptors (Lipinski definition) is 2. The van der Waals surface area contributed by atoms with Crippen molar-refractivity contribution in [1.82, 2.24) is 5.32 Å². The molecule has 20 heavy (non-hydrogen) atoms. The first-order valence-corrected chi connectivity index (χ1v) is 8.38. The maximum absolute atomic E-state index is 13.0. The van der Waals surface area contributed by atoms with Gasteiger partial charge in [-0.2, -0.15) is 0 Å². The van der Waals surface area contributed by atoms with Gasteiger partial charge >= 0.3 is 0 Å². The van der Waals surface area contributed by atoms with Crippen LogP contribution in [0.3, 0.4) is 0 Å². The van der Waals surface area contributed by atoms with Gasteiger partial charge in [0, 0.05) is 21.9 Å². The van der Waals surface area contributed by atoms with Gasteiger partial charge < -0.3 is 5.32 Å². The van der Waals surface area contributed by atoms with Crippen molar-refractivity contribution in [3.8, 4) is 0 Å². The molecule has 0 saturated carbocycles. The zero-order valence-electron chi connectivity index (χ0n) is 11.3. The Bertz CT molecular complexity index is 548. The zero-order chi connectivity index (χ0) is 14.7. The molecule has 0 aliphatic carbocycles. The molecule has 1 nitrogen and oxygen atoms in total. The number of hydrogen-bond donors (Lipinski definition) is 1. The monoisotopic (exact) mass is 375 g/mol. The van der Waals surface area contributed by atoms with Crippen LogP contribution in [0.15, 0.2) is 34.8 Å². The zero-order valence-corrected chi connectivity index (χ0v) is 14.4. The molecule has 1 atom stereocenters. The fourth-order valence-corrected chi connectivity index (χ4v) is 3.84. The molecule has 1 heterocycles. The molecule has 0 saturated heterocycles. The molecule has 0 spiro atoms. The lowest BCUT2D eigenvalue weighted by Crippen LogP contribution is -2.25. The highest BCUT2D eigenvalue weighted by Crippen LogP contribution is 2.32. The minimum absolute atomic E-state index is 0.190. The number of benzene rings is 1. The second-order valence-electron chi connectivity index (χ2n) is 4.99. The average molecular weight is 377 g/mol. The molecular formula is C15H16BrClFNS. The van der Waals surface area contributed by atoms with E-state index >= 15 is 0 Å². The highest BCUT2D eigenvalue weighted by atomic mass is 79.9. The molecule has 0 bridgehead atoms. The molecular weight excluding hydrogens is 361 g/mol. The first-order chi connectivity index (χ1) is 9.47. The predicted molar refractivity (Wildman–Crippen MR) is 87.8 cm³/mol. The van der Waals surface area contributed by atoms with E-state index in [0.29, 0.717) is 5.92 Å². The van der Waals surface area contributed by atoms with Crippen LogP contribution < -0.4 is 5.32 Å². The van der Waals surface area contributed by atoms with Crippen molar-refractivity contribution in [2.24, 2.45) is 5.92 Å². The summed E-state index contributed by atoms with van der Waals surface area (Å²) in [5.74, 6) is 0.213. The van der Waals surface area contributed by atoms with Crippen LogP contribution in [0.4, 0.5) is 4.39 Å². The molecule has 108 valence electrons. The standard InChI is InChI=1S/C15H16BrClFNS/c1-9(2)14(10-3-5-11(18)6-4-10)19-8-12-7-13(16)15(17)20-12/h3-7,9,14,19H,8H2,1-2H3. The third-order valence-electron chi connectivity index (χ3n) is 3.09. The summed E-state index contributed by atoms with van der Waals surface area (Å²) >= 11 is 11.0. The molecule has 0 aliphatic rings. The van der Waals surface area contributed by atoms with Gasteiger partial charge in [0.15, 0.2) is 0 Å². The van der Waals surface area contributed by atoms with Crippen LogP contribution in [-0.4, -0.2) is 0 Å². The highest BCUT2D eigenvalue weighted by molar-refractivity contribution is 9.10. The van der Waals surface area contributed by atoms with Gasteiger partial charge in [-0.05, 0) is 45.6 Å². The summed E-state index contributed by atoms with van der Waals surface area (Å²) in [5.41, 5.74) is 1.10. The van der Waals surface area contributed by atoms with Gasteiger partial charge in [-0.25, -0.2) is 4.39 Å². The molecule has 1 N–H and O–H groups in total. The van der Waals surface area contributed by atoms with Crippen LogP contribution in [-0.2, 0) is 6.54 Å². The molecule has 0 aliphatic heterocycles. The van der Waals surface area contributed by atoms with E-state index in [-0.39, 0.29) is 11.9 Å². The molecule has 1 aromatic heterocycles. The summed E-state index contributed by atoms with van der Waals surface area (Å²) in [4.78, 5) is 1.18. The average Bonchev–Trinajstić information content (AvgIpc) is 2.71. The Hall–Kier alpha value is -0.420. The Kier molecular flexibility index (Phi) is 5.61. The molecule has 0 amide bonds. The predicted octanol–water partition coefficient (Wildman–Crippen LogP) is 5.79. The third-order valence-corrected chi connectivity index (χ3v) is 5.56. The molecule has 1 unspecified atom stereocenters. The van der Waals surface area contributed by atoms with Crippen LogP contribution in [0.25, 0.3) is 0 Å². The molecule has 5 heteroatoms. The lowest BCUT2D eigenvalue weighted by Gasteiger charge is -2.22. The van der Waals surface area contributed by atoms with Gasteiger partial charge in [-0.3, -0.25) is 0 Å². The van der Waals surface area contributed by atoms with Crippen molar-refractivity contribution in [3.63, 3.8) is 0 Å². The van der Waals surface area contributed by atoms with Crippen molar-refractivity contribution in [2.75, 3.05) is 0 Å². The Morgan fingerprint density at radius 1 is 1.30 bits per heavy atom. The van der Waals surface area contributed by atoms with Crippen molar-refractivity contribution >= 4 is 38.9 Å². The molecule has 1 aromatic carbocycles. The smallest absolute Gasteiger partial charge is 0.123 e. The second kappa shape index (κ2) is 7.03. The molecule has 2 aromatic rings. The summed E-state index contributed by atoms with van der Waals surface area (Å²) in [6.45, 7) is 5.05. The van der Waals surface area contributed by atoms with Crippen molar-refractivity contribution in [1.29, 1.82) is 0 Å². The molecule has 0 fully saturated rings. The van der Waals surface area contributed by atoms with Gasteiger partial charge in [0.2, 0.25) is 0 Å². The van der Waals surface area contributed by atoms with Gasteiger partial charge in [0.25, 0.3) is 0 Å². The van der Waals surface area contributed by atoms with E-state index < -0.39 is 0 Å². The van der Waals surface area contributed by atoms with E-state index in [1.54, 1.807) is 11.3 Å². The number of nitrogens with one attached hydrogen (secondary N) is 1. The summed E-state index contributed by atoms with van der Waals surface area (Å²) in [6, 6.07) is 8.90. The van der Waals surface area contributed by atoms with Crippen LogP contribution in [0, 0.1) is 11.7 Å². The Morgan fingerprint density at radius 2 is 1.95 bits per heavy atom. The van der Waals surface area contributed by atoms with Crippen LogP contribution in [0.1, 0.15) is 30.3 Å². The number of thiophene rings is 1. The van der Waals surface area contributed by atoms with Crippen molar-refractivity contribution < 1.29 is 4.39 Å². The van der Waals surface area contributed by atoms with Crippen LogP contribution >= 0.6 is 38.9 Å². The fraction of sp³-hybridized carbons (Fsp3) is 0.333. The van der Waals surface area contributed by atoms with E-state index in [0.717, 1.165) is 20.9 Å². The summed E-state index contributed by atoms with van der Waals surface area (Å²) in [5, 5.41) is 3.52. The Morgan fingerprint density at radius 3 is 2.45 bits per heavy atom. The maximum Gasteiger partial charge on any atom is 0.123 e. The highest BCUT2D eigenvalue weighted by Gasteiger charge is 2.16. The Labute approximate surface area is 136 Å². The van der Waals surface area contributed by atoms with E-state index in [1.807, 2.05) is 18.2 Å². The lowest BCUT2D eigenvalue weighted by molar-refractivity contribution is 0.411. The van der Waals surface area contributed by atoms with E-state index in [4.69, 9.17) is 11.6 Å². The largest absolute Gasteiger partial charge is 0.305 e. The van der Waals surface area contributed by atoms with Gasteiger partial charge in [-0.1, -0.05) is 37.6 Å². The summed E-state index contributed by atoms with van der Waals surface area (Å²) in [6.07, 6.45) is 0. The lowest BCUT2D eigenvalue weighted by atomic mass is 9.96. The normalized spacial score (nSPS) is 12.9. The van der Waals surface area contributed by atoms with Crippen molar-refractivity contribution in [3.05, 3.63) is 55.4 Å². The number of rotatable bonds is 5. The summed E-state index contributed by atoms with van der Waals surface area (Å²) in [7, 11) is 0. The minimum Gasteiger partial charge on any atom is -0.305 e. The van der Waals surface area contributed by atoms with Gasteiger partial charge in [0.1, 0.15) is 10.2 Å². The van der Waals surface area contributed by atoms with Crippen LogP contribution in [0.5, 0.6) is 0 Å². The first-order valence-electron chi connectivity index (χ1n) is 6.40. The Balaban J connectivity index is 2.08. The SMILES string of the molecule is CC(C)C(NCc1cc(Br)c(Cl)s1)c1ccc(F)cc1. The van der Waals surface area contributed by atoms with Gasteiger partial charge in [0.05, 0.1) is 0 Å². The topological polar surface area (TPSA) is 12.0 Å². The van der Waals surface area contributed by atoms with E-state index in [2.05, 4.69) is 35.1 Å². The van der Waals surface area contributed by atoms with E-state index in [9.17, 15) is 4.39 Å². The molecule has 2 rings (SSSR count). The first kappa shape index (κ1) is 16.0. The minimum atomic E-state index is -0.203. The van der Waals surface area contributed by atoms with Crippen molar-refractivity contribution in [2.45, 2.75) is 26.4 Å². The van der Waals surface area contributed by atoms with Crippen LogP contribution in [0.2, 0.25) is 4.34 Å². The van der Waals surface area contributed by atoms with Gasteiger partial charge in [-0.15, -0.1) is 11.3 Å². The fourth-order valence-electron chi connectivity index (χ4n) is 2.10. The third kappa shape index (κ3) is 4.04.